The van der Waals surface area contributed by atoms with Crippen LogP contribution in [0.4, 0.5) is 4.39 Å². The zero-order chi connectivity index (χ0) is 22.0. The zero-order valence-electron chi connectivity index (χ0n) is 17.6. The molecular formula is C23H26FNO5. The van der Waals surface area contributed by atoms with Gasteiger partial charge in [-0.05, 0) is 50.8 Å². The molecule has 1 fully saturated rings. The van der Waals surface area contributed by atoms with E-state index in [9.17, 15) is 18.8 Å². The van der Waals surface area contributed by atoms with Crippen LogP contribution in [0, 0.1) is 23.6 Å². The van der Waals surface area contributed by atoms with E-state index in [4.69, 9.17) is 9.47 Å². The van der Waals surface area contributed by atoms with Crippen LogP contribution in [0.2, 0.25) is 0 Å². The number of nitrogens with zero attached hydrogens (tertiary/aromatic N) is 1. The van der Waals surface area contributed by atoms with Crippen molar-refractivity contribution in [1.29, 1.82) is 0 Å². The zero-order valence-corrected chi connectivity index (χ0v) is 17.6. The number of esters is 2. The van der Waals surface area contributed by atoms with E-state index in [-0.39, 0.29) is 30.5 Å². The van der Waals surface area contributed by atoms with E-state index < -0.39 is 35.5 Å². The molecule has 30 heavy (non-hydrogen) atoms. The minimum absolute atomic E-state index is 0.156. The summed E-state index contributed by atoms with van der Waals surface area (Å²) in [5.41, 5.74) is 1.75. The molecule has 1 aliphatic heterocycles. The first-order chi connectivity index (χ1) is 14.3. The number of ether oxygens (including phenoxy) is 2. The lowest BCUT2D eigenvalue weighted by atomic mass is 9.64. The van der Waals surface area contributed by atoms with Crippen molar-refractivity contribution in [3.05, 3.63) is 46.9 Å². The smallest absolute Gasteiger partial charge is 0.336 e. The molecule has 3 rings (SSSR count). The number of ketones is 1. The highest BCUT2D eigenvalue weighted by molar-refractivity contribution is 6.17. The van der Waals surface area contributed by atoms with Gasteiger partial charge in [0.1, 0.15) is 11.7 Å². The van der Waals surface area contributed by atoms with E-state index in [0.717, 1.165) is 0 Å². The Balaban J connectivity index is 2.15. The Morgan fingerprint density at radius 3 is 2.50 bits per heavy atom. The minimum atomic E-state index is -0.952. The highest BCUT2D eigenvalue weighted by Crippen LogP contribution is 2.45. The third-order valence-corrected chi connectivity index (χ3v) is 5.66. The molecule has 0 bridgehead atoms. The number of rotatable bonds is 5. The van der Waals surface area contributed by atoms with Gasteiger partial charge in [-0.2, -0.15) is 0 Å². The van der Waals surface area contributed by atoms with Gasteiger partial charge >= 0.3 is 11.9 Å². The van der Waals surface area contributed by atoms with Crippen LogP contribution in [-0.2, 0) is 23.9 Å². The summed E-state index contributed by atoms with van der Waals surface area (Å²) in [5, 5.41) is 0. The van der Waals surface area contributed by atoms with Gasteiger partial charge in [-0.25, -0.2) is 9.18 Å². The van der Waals surface area contributed by atoms with Crippen molar-refractivity contribution >= 4 is 23.4 Å². The number of halogens is 1. The van der Waals surface area contributed by atoms with Crippen molar-refractivity contribution in [2.45, 2.75) is 40.0 Å². The van der Waals surface area contributed by atoms with Gasteiger partial charge in [-0.15, -0.1) is 0 Å². The molecule has 0 N–H and O–H groups in total. The van der Waals surface area contributed by atoms with E-state index in [0.29, 0.717) is 23.4 Å². The Morgan fingerprint density at radius 1 is 1.17 bits per heavy atom. The number of allylic oxidation sites excluding steroid dienone is 1. The molecule has 4 atom stereocenters. The normalized spacial score (nSPS) is 26.0. The molecular weight excluding hydrogens is 389 g/mol. The number of carbonyl (C=O) groups excluding carboxylic acids is 3. The maximum Gasteiger partial charge on any atom is 0.336 e. The van der Waals surface area contributed by atoms with Crippen molar-refractivity contribution in [1.82, 2.24) is 0 Å². The van der Waals surface area contributed by atoms with Crippen LogP contribution >= 0.6 is 0 Å². The third-order valence-electron chi connectivity index (χ3n) is 5.66. The SMILES string of the molecule is CCOC(=O)C1=C(C)N=C2C[C@H](C)[C@@H](C(=O)OCC)C(=O)C2[C@@H]1c1cccc(F)c1. The number of hydrogen-bond acceptors (Lipinski definition) is 6. The molecule has 0 radical (unpaired) electrons. The Labute approximate surface area is 175 Å². The van der Waals surface area contributed by atoms with Gasteiger partial charge in [0.15, 0.2) is 5.78 Å². The second-order valence-electron chi connectivity index (χ2n) is 7.65. The van der Waals surface area contributed by atoms with E-state index in [2.05, 4.69) is 4.99 Å². The number of fused-ring (bicyclic) bond motifs is 1. The lowest BCUT2D eigenvalue weighted by molar-refractivity contribution is -0.154. The molecule has 2 aliphatic rings. The highest BCUT2D eigenvalue weighted by atomic mass is 19.1. The molecule has 1 aliphatic carbocycles. The Bertz CT molecular complexity index is 935. The topological polar surface area (TPSA) is 82.0 Å². The molecule has 1 heterocycles. The van der Waals surface area contributed by atoms with Gasteiger partial charge in [0.2, 0.25) is 0 Å². The number of Topliss-reactive ketones (excluding diaryl/α,β-unsaturated/α-hetero) is 1. The van der Waals surface area contributed by atoms with Crippen molar-refractivity contribution < 1.29 is 28.2 Å². The second kappa shape index (κ2) is 8.90. The second-order valence-corrected chi connectivity index (χ2v) is 7.65. The fourth-order valence-corrected chi connectivity index (χ4v) is 4.48. The molecule has 0 saturated heterocycles. The summed E-state index contributed by atoms with van der Waals surface area (Å²) in [5.74, 6) is -4.85. The molecule has 1 aromatic rings. The van der Waals surface area contributed by atoms with Gasteiger partial charge in [0, 0.05) is 17.3 Å². The molecule has 160 valence electrons. The maximum absolute atomic E-state index is 14.1. The molecule has 1 unspecified atom stereocenters. The monoisotopic (exact) mass is 415 g/mol. The van der Waals surface area contributed by atoms with Crippen LogP contribution in [0.1, 0.15) is 45.6 Å². The quantitative estimate of drug-likeness (QED) is 0.542. The number of benzene rings is 1. The molecule has 1 saturated carbocycles. The van der Waals surface area contributed by atoms with E-state index >= 15 is 0 Å². The predicted molar refractivity (Wildman–Crippen MR) is 108 cm³/mol. The summed E-state index contributed by atoms with van der Waals surface area (Å²) in [6, 6.07) is 5.82. The van der Waals surface area contributed by atoms with Crippen LogP contribution in [0.3, 0.4) is 0 Å². The number of carbonyl (C=O) groups is 3. The first kappa shape index (κ1) is 21.9. The standard InChI is InChI=1S/C23H26FNO5/c1-5-29-22(27)17-12(3)10-16-20(21(17)26)19(14-8-7-9-15(24)11-14)18(13(4)25-16)23(28)30-6-2/h7-9,11-12,17,19-20H,5-6,10H2,1-4H3/t12-,17+,19+,20?/m0/s1. The van der Waals surface area contributed by atoms with Gasteiger partial charge < -0.3 is 9.47 Å². The van der Waals surface area contributed by atoms with Crippen molar-refractivity contribution in [2.75, 3.05) is 13.2 Å². The fourth-order valence-electron chi connectivity index (χ4n) is 4.48. The predicted octanol–water partition coefficient (Wildman–Crippen LogP) is 3.61. The molecule has 6 nitrogen and oxygen atoms in total. The molecule has 1 aromatic carbocycles. The van der Waals surface area contributed by atoms with Crippen LogP contribution in [0.25, 0.3) is 0 Å². The largest absolute Gasteiger partial charge is 0.465 e. The number of hydrogen-bond donors (Lipinski definition) is 0. The van der Waals surface area contributed by atoms with Crippen LogP contribution in [0.15, 0.2) is 40.5 Å². The number of aliphatic imine (C=N–C) groups is 1. The van der Waals surface area contributed by atoms with Crippen molar-refractivity contribution in [3.63, 3.8) is 0 Å². The minimum Gasteiger partial charge on any atom is -0.465 e. The molecule has 0 spiro atoms. The molecule has 7 heteroatoms. The Kier molecular flexibility index (Phi) is 6.48. The molecule has 0 amide bonds. The van der Waals surface area contributed by atoms with Gasteiger partial charge in [0.25, 0.3) is 0 Å². The van der Waals surface area contributed by atoms with Crippen molar-refractivity contribution in [3.8, 4) is 0 Å². The average molecular weight is 415 g/mol. The van der Waals surface area contributed by atoms with Crippen LogP contribution < -0.4 is 0 Å². The average Bonchev–Trinajstić information content (AvgIpc) is 2.67. The van der Waals surface area contributed by atoms with Crippen LogP contribution in [0.5, 0.6) is 0 Å². The first-order valence-electron chi connectivity index (χ1n) is 10.2. The molecule has 0 aromatic heterocycles. The summed E-state index contributed by atoms with van der Waals surface area (Å²) in [6.45, 7) is 7.20. The summed E-state index contributed by atoms with van der Waals surface area (Å²) in [4.78, 5) is 43.4. The third kappa shape index (κ3) is 3.93. The summed E-state index contributed by atoms with van der Waals surface area (Å²) < 4.78 is 24.4. The summed E-state index contributed by atoms with van der Waals surface area (Å²) >= 11 is 0. The summed E-state index contributed by atoms with van der Waals surface area (Å²) in [6.07, 6.45) is 0.416. The lowest BCUT2D eigenvalue weighted by Gasteiger charge is -2.40. The first-order valence-corrected chi connectivity index (χ1v) is 10.2. The van der Waals surface area contributed by atoms with Crippen LogP contribution in [-0.4, -0.2) is 36.6 Å². The maximum atomic E-state index is 14.1. The van der Waals surface area contributed by atoms with Gasteiger partial charge in [0.05, 0.1) is 24.7 Å². The summed E-state index contributed by atoms with van der Waals surface area (Å²) in [7, 11) is 0. The van der Waals surface area contributed by atoms with E-state index in [1.54, 1.807) is 26.8 Å². The highest BCUT2D eigenvalue weighted by Gasteiger charge is 2.51. The van der Waals surface area contributed by atoms with Crippen molar-refractivity contribution in [2.24, 2.45) is 22.7 Å². The fraction of sp³-hybridized carbons (Fsp3) is 0.478. The van der Waals surface area contributed by atoms with E-state index in [1.807, 2.05) is 6.92 Å². The van der Waals surface area contributed by atoms with E-state index in [1.165, 1.54) is 18.2 Å². The lowest BCUT2D eigenvalue weighted by Crippen LogP contribution is -2.49. The Morgan fingerprint density at radius 2 is 1.87 bits per heavy atom. The Hall–Kier alpha value is -2.83. The van der Waals surface area contributed by atoms with Gasteiger partial charge in [-0.3, -0.25) is 14.6 Å². The van der Waals surface area contributed by atoms with Gasteiger partial charge in [-0.1, -0.05) is 19.1 Å².